The summed E-state index contributed by atoms with van der Waals surface area (Å²) in [5, 5.41) is 14.6. The normalized spacial score (nSPS) is 11.2. The van der Waals surface area contributed by atoms with Gasteiger partial charge in [-0.05, 0) is 51.8 Å². The van der Waals surface area contributed by atoms with E-state index in [1.807, 2.05) is 31.2 Å². The van der Waals surface area contributed by atoms with Crippen LogP contribution in [0.15, 0.2) is 34.8 Å². The van der Waals surface area contributed by atoms with Crippen LogP contribution in [0.3, 0.4) is 0 Å². The Balaban J connectivity index is 1.76. The zero-order valence-corrected chi connectivity index (χ0v) is 17.9. The molecular formula is C20H24N4OS2. The monoisotopic (exact) mass is 400 g/mol. The number of thiophene rings is 1. The number of rotatable bonds is 6. The summed E-state index contributed by atoms with van der Waals surface area (Å²) in [7, 11) is 0. The van der Waals surface area contributed by atoms with Gasteiger partial charge in [-0.3, -0.25) is 9.36 Å². The summed E-state index contributed by atoms with van der Waals surface area (Å²) in [5.41, 5.74) is 4.25. The average Bonchev–Trinajstić information content (AvgIpc) is 3.19. The fraction of sp³-hybridized carbons (Fsp3) is 0.350. The molecule has 1 amide bonds. The van der Waals surface area contributed by atoms with Gasteiger partial charge in [-0.25, -0.2) is 0 Å². The van der Waals surface area contributed by atoms with E-state index in [0.29, 0.717) is 5.75 Å². The number of hydrogen-bond donors (Lipinski definition) is 1. The molecule has 0 saturated carbocycles. The zero-order valence-electron chi connectivity index (χ0n) is 16.2. The molecule has 3 rings (SSSR count). The molecule has 0 atom stereocenters. The molecule has 0 spiro atoms. The van der Waals surface area contributed by atoms with Gasteiger partial charge in [0.2, 0.25) is 5.91 Å². The highest BCUT2D eigenvalue weighted by Crippen LogP contribution is 2.33. The first-order valence-electron chi connectivity index (χ1n) is 8.86. The standard InChI is InChI=1S/C20H24N4OS2/c1-12(2)24-19(16-10-26-15(5)14(16)4)22-23-20(24)27-11-18(25)21-17-9-7-6-8-13(17)3/h6-10,12H,11H2,1-5H3,(H,21,25). The lowest BCUT2D eigenvalue weighted by Gasteiger charge is -2.14. The highest BCUT2D eigenvalue weighted by atomic mass is 32.2. The number of nitrogens with one attached hydrogen (secondary N) is 1. The molecule has 1 N–H and O–H groups in total. The molecule has 2 heterocycles. The minimum absolute atomic E-state index is 0.0447. The largest absolute Gasteiger partial charge is 0.325 e. The van der Waals surface area contributed by atoms with E-state index in [1.54, 1.807) is 11.3 Å². The minimum atomic E-state index is -0.0447. The first kappa shape index (κ1) is 19.6. The Kier molecular flexibility index (Phi) is 6.01. The van der Waals surface area contributed by atoms with Gasteiger partial charge in [-0.2, -0.15) is 0 Å². The van der Waals surface area contributed by atoms with Crippen LogP contribution in [-0.4, -0.2) is 26.4 Å². The lowest BCUT2D eigenvalue weighted by Crippen LogP contribution is -2.15. The maximum absolute atomic E-state index is 12.4. The van der Waals surface area contributed by atoms with E-state index in [0.717, 1.165) is 27.8 Å². The predicted molar refractivity (Wildman–Crippen MR) is 114 cm³/mol. The molecule has 1 aromatic carbocycles. The van der Waals surface area contributed by atoms with Crippen molar-refractivity contribution in [1.82, 2.24) is 14.8 Å². The van der Waals surface area contributed by atoms with Gasteiger partial charge in [0.25, 0.3) is 0 Å². The lowest BCUT2D eigenvalue weighted by atomic mass is 10.1. The van der Waals surface area contributed by atoms with Gasteiger partial charge in [-0.15, -0.1) is 21.5 Å². The maximum atomic E-state index is 12.4. The van der Waals surface area contributed by atoms with Crippen LogP contribution in [0.1, 0.15) is 35.9 Å². The molecule has 0 unspecified atom stereocenters. The summed E-state index contributed by atoms with van der Waals surface area (Å²) in [6.45, 7) is 10.4. The number of nitrogens with zero attached hydrogens (tertiary/aromatic N) is 3. The van der Waals surface area contributed by atoms with Crippen molar-refractivity contribution < 1.29 is 4.79 Å². The van der Waals surface area contributed by atoms with E-state index in [-0.39, 0.29) is 11.9 Å². The van der Waals surface area contributed by atoms with Gasteiger partial charge in [0.15, 0.2) is 11.0 Å². The molecule has 27 heavy (non-hydrogen) atoms. The van der Waals surface area contributed by atoms with Crippen molar-refractivity contribution in [3.8, 4) is 11.4 Å². The van der Waals surface area contributed by atoms with E-state index in [4.69, 9.17) is 0 Å². The van der Waals surface area contributed by atoms with Crippen LogP contribution < -0.4 is 5.32 Å². The Hall–Kier alpha value is -2.12. The molecule has 3 aromatic rings. The van der Waals surface area contributed by atoms with Crippen molar-refractivity contribution >= 4 is 34.7 Å². The van der Waals surface area contributed by atoms with E-state index in [2.05, 4.69) is 53.2 Å². The topological polar surface area (TPSA) is 59.8 Å². The van der Waals surface area contributed by atoms with Crippen LogP contribution in [0.4, 0.5) is 5.69 Å². The summed E-state index contributed by atoms with van der Waals surface area (Å²) in [5.74, 6) is 1.12. The molecule has 2 aromatic heterocycles. The van der Waals surface area contributed by atoms with Crippen LogP contribution in [0.25, 0.3) is 11.4 Å². The predicted octanol–water partition coefficient (Wildman–Crippen LogP) is 5.24. The quantitative estimate of drug-likeness (QED) is 0.575. The second-order valence-corrected chi connectivity index (χ2v) is 8.78. The summed E-state index contributed by atoms with van der Waals surface area (Å²) in [6, 6.07) is 7.98. The fourth-order valence-corrected chi connectivity index (χ4v) is 4.52. The number of para-hydroxylation sites is 1. The van der Waals surface area contributed by atoms with Crippen molar-refractivity contribution in [1.29, 1.82) is 0 Å². The Labute approximate surface area is 168 Å². The second-order valence-electron chi connectivity index (χ2n) is 6.75. The van der Waals surface area contributed by atoms with Gasteiger partial charge in [-0.1, -0.05) is 30.0 Å². The molecule has 0 aliphatic carbocycles. The Morgan fingerprint density at radius 1 is 1.22 bits per heavy atom. The van der Waals surface area contributed by atoms with Crippen molar-refractivity contribution in [3.63, 3.8) is 0 Å². The first-order chi connectivity index (χ1) is 12.9. The van der Waals surface area contributed by atoms with E-state index < -0.39 is 0 Å². The highest BCUT2D eigenvalue weighted by Gasteiger charge is 2.20. The molecule has 0 aliphatic heterocycles. The maximum Gasteiger partial charge on any atom is 0.234 e. The van der Waals surface area contributed by atoms with Gasteiger partial charge in [0, 0.05) is 27.5 Å². The van der Waals surface area contributed by atoms with Crippen LogP contribution in [-0.2, 0) is 4.79 Å². The second kappa shape index (κ2) is 8.27. The third-order valence-electron chi connectivity index (χ3n) is 4.46. The van der Waals surface area contributed by atoms with Crippen LogP contribution in [0, 0.1) is 20.8 Å². The molecule has 0 radical (unpaired) electrons. The zero-order chi connectivity index (χ0) is 19.6. The number of aromatic nitrogens is 3. The van der Waals surface area contributed by atoms with Gasteiger partial charge in [0.1, 0.15) is 0 Å². The minimum Gasteiger partial charge on any atom is -0.325 e. The number of aryl methyl sites for hydroxylation is 2. The smallest absolute Gasteiger partial charge is 0.234 e. The molecule has 0 aliphatic rings. The highest BCUT2D eigenvalue weighted by molar-refractivity contribution is 7.99. The summed E-state index contributed by atoms with van der Waals surface area (Å²) < 4.78 is 2.11. The van der Waals surface area contributed by atoms with Crippen molar-refractivity contribution in [2.45, 2.75) is 45.8 Å². The van der Waals surface area contributed by atoms with Crippen LogP contribution >= 0.6 is 23.1 Å². The third kappa shape index (κ3) is 4.25. The van der Waals surface area contributed by atoms with E-state index in [1.165, 1.54) is 22.2 Å². The number of carbonyl (C=O) groups is 1. The number of amides is 1. The molecule has 0 fully saturated rings. The van der Waals surface area contributed by atoms with Crippen molar-refractivity contribution in [2.24, 2.45) is 0 Å². The van der Waals surface area contributed by atoms with Crippen molar-refractivity contribution in [2.75, 3.05) is 11.1 Å². The molecule has 142 valence electrons. The number of hydrogen-bond acceptors (Lipinski definition) is 5. The van der Waals surface area contributed by atoms with Gasteiger partial charge >= 0.3 is 0 Å². The summed E-state index contributed by atoms with van der Waals surface area (Å²) in [6.07, 6.45) is 0. The number of thioether (sulfide) groups is 1. The van der Waals surface area contributed by atoms with E-state index in [9.17, 15) is 4.79 Å². The Bertz CT molecular complexity index is 959. The molecular weight excluding hydrogens is 376 g/mol. The van der Waals surface area contributed by atoms with Crippen molar-refractivity contribution in [3.05, 3.63) is 45.6 Å². The third-order valence-corrected chi connectivity index (χ3v) is 6.42. The SMILES string of the molecule is Cc1ccccc1NC(=O)CSc1nnc(-c2csc(C)c2C)n1C(C)C. The lowest BCUT2D eigenvalue weighted by molar-refractivity contribution is -0.113. The number of benzene rings is 1. The molecule has 0 bridgehead atoms. The average molecular weight is 401 g/mol. The molecule has 7 heteroatoms. The first-order valence-corrected chi connectivity index (χ1v) is 10.7. The number of carbonyl (C=O) groups excluding carboxylic acids is 1. The van der Waals surface area contributed by atoms with Crippen LogP contribution in [0.2, 0.25) is 0 Å². The molecule has 0 saturated heterocycles. The fourth-order valence-electron chi connectivity index (χ4n) is 2.79. The van der Waals surface area contributed by atoms with E-state index >= 15 is 0 Å². The Morgan fingerprint density at radius 2 is 1.96 bits per heavy atom. The van der Waals surface area contributed by atoms with Gasteiger partial charge < -0.3 is 5.32 Å². The number of anilines is 1. The summed E-state index contributed by atoms with van der Waals surface area (Å²) >= 11 is 3.14. The van der Waals surface area contributed by atoms with Gasteiger partial charge in [0.05, 0.1) is 5.75 Å². The van der Waals surface area contributed by atoms with Crippen LogP contribution in [0.5, 0.6) is 0 Å². The molecule has 5 nitrogen and oxygen atoms in total. The Morgan fingerprint density at radius 3 is 2.59 bits per heavy atom. The summed E-state index contributed by atoms with van der Waals surface area (Å²) in [4.78, 5) is 13.7.